The molecule has 0 bridgehead atoms. The van der Waals surface area contributed by atoms with E-state index in [-0.39, 0.29) is 0 Å². The van der Waals surface area contributed by atoms with Gasteiger partial charge in [0.05, 0.1) is 0 Å². The smallest absolute Gasteiger partial charge is 0.0293 e. The average Bonchev–Trinajstić information content (AvgIpc) is 2.29. The van der Waals surface area contributed by atoms with E-state index in [4.69, 9.17) is 0 Å². The van der Waals surface area contributed by atoms with Crippen LogP contribution >= 0.6 is 11.8 Å². The summed E-state index contributed by atoms with van der Waals surface area (Å²) in [7, 11) is 0. The van der Waals surface area contributed by atoms with Crippen LogP contribution in [0, 0.1) is 0 Å². The van der Waals surface area contributed by atoms with E-state index in [0.717, 1.165) is 6.54 Å². The Kier molecular flexibility index (Phi) is 6.11. The summed E-state index contributed by atoms with van der Waals surface area (Å²) in [6, 6.07) is 0. The lowest BCUT2D eigenvalue weighted by atomic mass is 10.1. The summed E-state index contributed by atoms with van der Waals surface area (Å²) in [6.45, 7) is 10.2. The lowest BCUT2D eigenvalue weighted by Crippen LogP contribution is -2.31. The Bertz CT molecular complexity index is 237. The summed E-state index contributed by atoms with van der Waals surface area (Å²) < 4.78 is 0. The fourth-order valence-electron chi connectivity index (χ4n) is 1.79. The van der Waals surface area contributed by atoms with Crippen LogP contribution in [0.2, 0.25) is 0 Å². The van der Waals surface area contributed by atoms with Crippen LogP contribution in [-0.4, -0.2) is 24.5 Å². The predicted octanol–water partition coefficient (Wildman–Crippen LogP) is 4.03. The summed E-state index contributed by atoms with van der Waals surface area (Å²) in [5, 5.41) is 0. The maximum atomic E-state index is 2.58. The third-order valence-corrected chi connectivity index (χ3v) is 4.03. The molecule has 0 aromatic carbocycles. The van der Waals surface area contributed by atoms with Crippen LogP contribution < -0.4 is 0 Å². The van der Waals surface area contributed by atoms with Gasteiger partial charge in [-0.05, 0) is 56.5 Å². The lowest BCUT2D eigenvalue weighted by Gasteiger charge is -2.27. The van der Waals surface area contributed by atoms with Gasteiger partial charge < -0.3 is 0 Å². The highest BCUT2D eigenvalue weighted by molar-refractivity contribution is 8.06. The molecule has 1 aliphatic rings. The molecular weight excluding hydrogens is 202 g/mol. The Labute approximate surface area is 98.6 Å². The van der Waals surface area contributed by atoms with Gasteiger partial charge in [-0.25, -0.2) is 0 Å². The first-order valence-corrected chi connectivity index (χ1v) is 6.76. The van der Waals surface area contributed by atoms with Crippen LogP contribution in [0.4, 0.5) is 0 Å². The predicted molar refractivity (Wildman–Crippen MR) is 71.1 cm³/mol. The van der Waals surface area contributed by atoms with E-state index in [9.17, 15) is 0 Å². The highest BCUT2D eigenvalue weighted by Gasteiger charge is 2.11. The van der Waals surface area contributed by atoms with Gasteiger partial charge in [-0.3, -0.25) is 4.90 Å². The van der Waals surface area contributed by atoms with Crippen molar-refractivity contribution in [3.63, 3.8) is 0 Å². The minimum atomic E-state index is 1.15. The Morgan fingerprint density at radius 3 is 2.33 bits per heavy atom. The molecule has 0 spiro atoms. The average molecular weight is 225 g/mol. The van der Waals surface area contributed by atoms with E-state index in [1.165, 1.54) is 42.2 Å². The van der Waals surface area contributed by atoms with E-state index in [1.54, 1.807) is 0 Å². The molecule has 1 aliphatic heterocycles. The molecule has 0 radical (unpaired) electrons. The van der Waals surface area contributed by atoms with E-state index in [1.807, 2.05) is 11.8 Å². The molecular formula is C13H23NS. The highest BCUT2D eigenvalue weighted by atomic mass is 32.2. The zero-order valence-corrected chi connectivity index (χ0v) is 11.1. The van der Waals surface area contributed by atoms with Crippen molar-refractivity contribution in [3.8, 4) is 0 Å². The quantitative estimate of drug-likeness (QED) is 0.710. The molecule has 0 saturated carbocycles. The largest absolute Gasteiger partial charge is 0.299 e. The molecule has 2 heteroatoms. The number of hydrogen-bond donors (Lipinski definition) is 0. The Balaban J connectivity index is 2.39. The summed E-state index contributed by atoms with van der Waals surface area (Å²) in [6.07, 6.45) is 8.62. The molecule has 0 N–H and O–H groups in total. The normalized spacial score (nSPS) is 20.7. The van der Waals surface area contributed by atoms with Crippen molar-refractivity contribution in [1.82, 2.24) is 4.90 Å². The fourth-order valence-corrected chi connectivity index (χ4v) is 2.68. The lowest BCUT2D eigenvalue weighted by molar-refractivity contribution is 0.250. The van der Waals surface area contributed by atoms with Gasteiger partial charge in [-0.15, -0.1) is 0 Å². The third kappa shape index (κ3) is 4.89. The number of nitrogens with zero attached hydrogens (tertiary/aromatic N) is 1. The Morgan fingerprint density at radius 2 is 1.80 bits per heavy atom. The Morgan fingerprint density at radius 1 is 1.13 bits per heavy atom. The molecule has 1 heterocycles. The van der Waals surface area contributed by atoms with E-state index in [2.05, 4.69) is 37.8 Å². The van der Waals surface area contributed by atoms with Gasteiger partial charge in [0.1, 0.15) is 0 Å². The van der Waals surface area contributed by atoms with Gasteiger partial charge >= 0.3 is 0 Å². The van der Waals surface area contributed by atoms with Gasteiger partial charge in [-0.1, -0.05) is 30.3 Å². The second kappa shape index (κ2) is 7.13. The molecule has 0 aromatic rings. The first-order valence-electron chi connectivity index (χ1n) is 5.94. The molecule has 0 unspecified atom stereocenters. The maximum absolute atomic E-state index is 2.58. The van der Waals surface area contributed by atoms with Crippen LogP contribution in [-0.2, 0) is 0 Å². The van der Waals surface area contributed by atoms with E-state index in [0.29, 0.717) is 0 Å². The van der Waals surface area contributed by atoms with Crippen LogP contribution in [0.3, 0.4) is 0 Å². The third-order valence-electron chi connectivity index (χ3n) is 2.85. The molecule has 86 valence electrons. The number of rotatable bonds is 4. The maximum Gasteiger partial charge on any atom is 0.0293 e. The zero-order valence-electron chi connectivity index (χ0n) is 10.3. The van der Waals surface area contributed by atoms with Crippen molar-refractivity contribution < 1.29 is 0 Å². The first-order chi connectivity index (χ1) is 7.26. The summed E-state index contributed by atoms with van der Waals surface area (Å²) >= 11 is 1.92. The van der Waals surface area contributed by atoms with Crippen LogP contribution in [0.5, 0.6) is 0 Å². The number of piperidine rings is 1. The first kappa shape index (κ1) is 12.9. The zero-order chi connectivity index (χ0) is 11.1. The SMILES string of the molecule is C/C=C(/C)S/C(=C\C)CN1CCCCC1. The number of hydrogen-bond acceptors (Lipinski definition) is 2. The summed E-state index contributed by atoms with van der Waals surface area (Å²) in [4.78, 5) is 5.47. The Hall–Kier alpha value is -0.210. The number of likely N-dealkylation sites (tertiary alicyclic amines) is 1. The number of allylic oxidation sites excluding steroid dienone is 3. The van der Waals surface area contributed by atoms with Crippen molar-refractivity contribution in [1.29, 1.82) is 0 Å². The fraction of sp³-hybridized carbons (Fsp3) is 0.692. The van der Waals surface area contributed by atoms with Crippen LogP contribution in [0.15, 0.2) is 22.0 Å². The van der Waals surface area contributed by atoms with Gasteiger partial charge in [0.25, 0.3) is 0 Å². The molecule has 1 nitrogen and oxygen atoms in total. The second-order valence-corrected chi connectivity index (χ2v) is 5.47. The van der Waals surface area contributed by atoms with Crippen molar-refractivity contribution in [2.45, 2.75) is 40.0 Å². The molecule has 0 aromatic heterocycles. The van der Waals surface area contributed by atoms with Crippen molar-refractivity contribution in [2.75, 3.05) is 19.6 Å². The van der Waals surface area contributed by atoms with Gasteiger partial charge in [0.15, 0.2) is 0 Å². The summed E-state index contributed by atoms with van der Waals surface area (Å²) in [5.74, 6) is 0. The summed E-state index contributed by atoms with van der Waals surface area (Å²) in [5.41, 5.74) is 0. The van der Waals surface area contributed by atoms with Crippen molar-refractivity contribution >= 4 is 11.8 Å². The molecule has 15 heavy (non-hydrogen) atoms. The van der Waals surface area contributed by atoms with Crippen molar-refractivity contribution in [2.24, 2.45) is 0 Å². The minimum Gasteiger partial charge on any atom is -0.299 e. The van der Waals surface area contributed by atoms with Crippen LogP contribution in [0.25, 0.3) is 0 Å². The molecule has 1 saturated heterocycles. The van der Waals surface area contributed by atoms with Gasteiger partial charge in [-0.2, -0.15) is 0 Å². The van der Waals surface area contributed by atoms with E-state index < -0.39 is 0 Å². The second-order valence-electron chi connectivity index (χ2n) is 4.09. The van der Waals surface area contributed by atoms with Gasteiger partial charge in [0.2, 0.25) is 0 Å². The molecule has 1 fully saturated rings. The number of thioether (sulfide) groups is 1. The highest BCUT2D eigenvalue weighted by Crippen LogP contribution is 2.26. The van der Waals surface area contributed by atoms with Gasteiger partial charge in [0, 0.05) is 6.54 Å². The topological polar surface area (TPSA) is 3.24 Å². The molecule has 0 aliphatic carbocycles. The standard InChI is InChI=1S/C13H23NS/c1-4-12(3)15-13(5-2)11-14-9-7-6-8-10-14/h4-5H,6-11H2,1-3H3/b12-4-,13-5-. The van der Waals surface area contributed by atoms with Crippen molar-refractivity contribution in [3.05, 3.63) is 22.0 Å². The monoisotopic (exact) mass is 225 g/mol. The molecule has 0 atom stereocenters. The molecule has 1 rings (SSSR count). The van der Waals surface area contributed by atoms with E-state index >= 15 is 0 Å². The molecule has 0 amide bonds. The minimum absolute atomic E-state index is 1.15. The van der Waals surface area contributed by atoms with Crippen LogP contribution in [0.1, 0.15) is 40.0 Å².